The third-order valence-corrected chi connectivity index (χ3v) is 3.45. The number of carboxylic acid groups (broad SMARTS) is 1. The molecule has 1 amide bonds. The number of carbonyl (C=O) groups excluding carboxylic acids is 1. The minimum atomic E-state index is -1.23. The second-order valence-electron chi connectivity index (χ2n) is 4.06. The number of nitrogens with one attached hydrogen (secondary N) is 1. The van der Waals surface area contributed by atoms with Crippen LogP contribution >= 0.6 is 0 Å². The van der Waals surface area contributed by atoms with E-state index in [1.165, 1.54) is 6.92 Å². The molecule has 0 aliphatic heterocycles. The zero-order chi connectivity index (χ0) is 13.4. The van der Waals surface area contributed by atoms with E-state index >= 15 is 0 Å². The van der Waals surface area contributed by atoms with Crippen molar-refractivity contribution in [3.05, 3.63) is 0 Å². The van der Waals surface area contributed by atoms with E-state index in [0.717, 1.165) is 13.0 Å². The lowest BCUT2D eigenvalue weighted by Crippen LogP contribution is -2.43. The number of nitrogens with zero attached hydrogens (tertiary/aromatic N) is 1. The molecule has 1 unspecified atom stereocenters. The molecule has 17 heavy (non-hydrogen) atoms. The molecule has 0 fully saturated rings. The molecule has 0 aromatic carbocycles. The predicted molar refractivity (Wildman–Crippen MR) is 66.3 cm³/mol. The smallest absolute Gasteiger partial charge is 0.327 e. The lowest BCUT2D eigenvalue weighted by atomic mass is 10.3. The second-order valence-corrected chi connectivity index (χ2v) is 5.68. The fourth-order valence-electron chi connectivity index (χ4n) is 1.23. The van der Waals surface area contributed by atoms with Crippen LogP contribution in [-0.4, -0.2) is 64.3 Å². The summed E-state index contributed by atoms with van der Waals surface area (Å²) in [6, 6.07) is -1.06. The lowest BCUT2D eigenvalue weighted by Gasteiger charge is -2.13. The highest BCUT2D eigenvalue weighted by molar-refractivity contribution is 7.85. The topological polar surface area (TPSA) is 86.7 Å². The van der Waals surface area contributed by atoms with Gasteiger partial charge in [-0.25, -0.2) is 4.79 Å². The third-order valence-electron chi connectivity index (χ3n) is 2.01. The van der Waals surface area contributed by atoms with Crippen LogP contribution in [-0.2, 0) is 20.4 Å². The SMILES string of the molecule is CC(=O)N[C@@H](CS(=O)CCCN(C)C)C(=O)O. The van der Waals surface area contributed by atoms with E-state index in [1.54, 1.807) is 0 Å². The molecular formula is C10H20N2O4S. The van der Waals surface area contributed by atoms with Gasteiger partial charge in [0.05, 0.1) is 5.75 Å². The molecule has 0 radical (unpaired) electrons. The molecule has 0 aromatic heterocycles. The van der Waals surface area contributed by atoms with Gasteiger partial charge in [0, 0.05) is 23.5 Å². The average Bonchev–Trinajstić information content (AvgIpc) is 2.15. The van der Waals surface area contributed by atoms with Gasteiger partial charge < -0.3 is 15.3 Å². The monoisotopic (exact) mass is 264 g/mol. The van der Waals surface area contributed by atoms with Gasteiger partial charge in [-0.1, -0.05) is 0 Å². The van der Waals surface area contributed by atoms with Crippen molar-refractivity contribution in [3.8, 4) is 0 Å². The number of carboxylic acids is 1. The molecule has 6 nitrogen and oxygen atoms in total. The summed E-state index contributed by atoms with van der Waals surface area (Å²) >= 11 is 0. The Kier molecular flexibility index (Phi) is 7.73. The molecule has 0 rings (SSSR count). The van der Waals surface area contributed by atoms with Crippen molar-refractivity contribution in [3.63, 3.8) is 0 Å². The minimum absolute atomic E-state index is 0.0393. The highest BCUT2D eigenvalue weighted by Gasteiger charge is 2.20. The standard InChI is InChI=1S/C10H20N2O4S/c1-8(13)11-9(10(14)15)7-17(16)6-4-5-12(2)3/h9H,4-7H2,1-3H3,(H,11,13)(H,14,15)/t9-,17?/m0/s1. The van der Waals surface area contributed by atoms with Crippen LogP contribution in [0.5, 0.6) is 0 Å². The maximum Gasteiger partial charge on any atom is 0.327 e. The van der Waals surface area contributed by atoms with Crippen molar-refractivity contribution in [2.45, 2.75) is 19.4 Å². The first-order valence-corrected chi connectivity index (χ1v) is 6.81. The largest absolute Gasteiger partial charge is 0.480 e. The maximum atomic E-state index is 11.6. The lowest BCUT2D eigenvalue weighted by molar-refractivity contribution is -0.140. The Hall–Kier alpha value is -0.950. The van der Waals surface area contributed by atoms with Gasteiger partial charge >= 0.3 is 5.97 Å². The summed E-state index contributed by atoms with van der Waals surface area (Å²) in [6.45, 7) is 2.05. The Morgan fingerprint density at radius 2 is 2.00 bits per heavy atom. The zero-order valence-electron chi connectivity index (χ0n) is 10.4. The van der Waals surface area contributed by atoms with Crippen LogP contribution in [0, 0.1) is 0 Å². The van der Waals surface area contributed by atoms with E-state index in [-0.39, 0.29) is 5.75 Å². The molecule has 100 valence electrons. The van der Waals surface area contributed by atoms with E-state index in [0.29, 0.717) is 5.75 Å². The van der Waals surface area contributed by atoms with Crippen LogP contribution in [0.3, 0.4) is 0 Å². The van der Waals surface area contributed by atoms with Crippen molar-refractivity contribution < 1.29 is 18.9 Å². The van der Waals surface area contributed by atoms with Crippen LogP contribution < -0.4 is 5.32 Å². The summed E-state index contributed by atoms with van der Waals surface area (Å²) in [5.74, 6) is -1.17. The quantitative estimate of drug-likeness (QED) is 0.604. The molecule has 2 atom stereocenters. The molecule has 0 heterocycles. The van der Waals surface area contributed by atoms with Crippen molar-refractivity contribution in [2.24, 2.45) is 0 Å². The summed E-state index contributed by atoms with van der Waals surface area (Å²) in [5.41, 5.74) is 0. The van der Waals surface area contributed by atoms with E-state index in [1.807, 2.05) is 19.0 Å². The molecule has 0 saturated heterocycles. The molecule has 0 bridgehead atoms. The average molecular weight is 264 g/mol. The molecule has 0 aliphatic rings. The van der Waals surface area contributed by atoms with E-state index in [4.69, 9.17) is 5.11 Å². The summed E-state index contributed by atoms with van der Waals surface area (Å²) in [7, 11) is 2.61. The van der Waals surface area contributed by atoms with Gasteiger partial charge in [-0.3, -0.25) is 9.00 Å². The van der Waals surface area contributed by atoms with E-state index in [2.05, 4.69) is 5.32 Å². The van der Waals surface area contributed by atoms with Crippen molar-refractivity contribution in [1.82, 2.24) is 10.2 Å². The Bertz CT molecular complexity index is 294. The van der Waals surface area contributed by atoms with Crippen LogP contribution in [0.1, 0.15) is 13.3 Å². The Labute approximate surface area is 104 Å². The van der Waals surface area contributed by atoms with Gasteiger partial charge in [-0.2, -0.15) is 0 Å². The first kappa shape index (κ1) is 16.1. The molecular weight excluding hydrogens is 244 g/mol. The van der Waals surface area contributed by atoms with Gasteiger partial charge in [-0.15, -0.1) is 0 Å². The highest BCUT2D eigenvalue weighted by atomic mass is 32.2. The fourth-order valence-corrected chi connectivity index (χ4v) is 2.45. The molecule has 7 heteroatoms. The number of rotatable bonds is 8. The maximum absolute atomic E-state index is 11.6. The number of amides is 1. The summed E-state index contributed by atoms with van der Waals surface area (Å²) in [5, 5.41) is 11.1. The number of carbonyl (C=O) groups is 2. The summed E-state index contributed by atoms with van der Waals surface area (Å²) in [6.07, 6.45) is 0.742. The second kappa shape index (κ2) is 8.19. The van der Waals surface area contributed by atoms with E-state index < -0.39 is 28.7 Å². The van der Waals surface area contributed by atoms with Crippen LogP contribution in [0.2, 0.25) is 0 Å². The number of hydrogen-bond donors (Lipinski definition) is 2. The normalized spacial score (nSPS) is 14.4. The van der Waals surface area contributed by atoms with Gasteiger partial charge in [0.1, 0.15) is 6.04 Å². The molecule has 0 saturated carbocycles. The van der Waals surface area contributed by atoms with E-state index in [9.17, 15) is 13.8 Å². The van der Waals surface area contributed by atoms with Crippen LogP contribution in [0.15, 0.2) is 0 Å². The van der Waals surface area contributed by atoms with Gasteiger partial charge in [0.2, 0.25) is 5.91 Å². The number of hydrogen-bond acceptors (Lipinski definition) is 4. The molecule has 0 spiro atoms. The fraction of sp³-hybridized carbons (Fsp3) is 0.800. The van der Waals surface area contributed by atoms with Crippen LogP contribution in [0.25, 0.3) is 0 Å². The van der Waals surface area contributed by atoms with Gasteiger partial charge in [0.15, 0.2) is 0 Å². The Balaban J connectivity index is 4.04. The Morgan fingerprint density at radius 3 is 2.41 bits per heavy atom. The highest BCUT2D eigenvalue weighted by Crippen LogP contribution is 1.95. The first-order chi connectivity index (χ1) is 7.82. The van der Waals surface area contributed by atoms with Gasteiger partial charge in [0.25, 0.3) is 0 Å². The molecule has 0 aliphatic carbocycles. The summed E-state index contributed by atoms with van der Waals surface area (Å²) in [4.78, 5) is 23.5. The zero-order valence-corrected chi connectivity index (χ0v) is 11.2. The third kappa shape index (κ3) is 8.82. The predicted octanol–water partition coefficient (Wildman–Crippen LogP) is -0.724. The molecule has 0 aromatic rings. The van der Waals surface area contributed by atoms with Crippen molar-refractivity contribution in [1.29, 1.82) is 0 Å². The first-order valence-electron chi connectivity index (χ1n) is 5.32. The number of aliphatic carboxylic acids is 1. The molecule has 2 N–H and O–H groups in total. The minimum Gasteiger partial charge on any atom is -0.480 e. The van der Waals surface area contributed by atoms with Gasteiger partial charge in [-0.05, 0) is 27.1 Å². The van der Waals surface area contributed by atoms with Crippen LogP contribution in [0.4, 0.5) is 0 Å². The summed E-state index contributed by atoms with van der Waals surface area (Å²) < 4.78 is 11.6. The Morgan fingerprint density at radius 1 is 1.41 bits per heavy atom. The van der Waals surface area contributed by atoms with Crippen molar-refractivity contribution >= 4 is 22.7 Å². The van der Waals surface area contributed by atoms with Crippen molar-refractivity contribution in [2.75, 3.05) is 32.1 Å².